The van der Waals surface area contributed by atoms with Crippen molar-refractivity contribution >= 4 is 5.91 Å². The molecule has 1 aromatic carbocycles. The third-order valence-electron chi connectivity index (χ3n) is 3.71. The molecule has 1 N–H and O–H groups in total. The Morgan fingerprint density at radius 1 is 1.35 bits per heavy atom. The molecule has 1 atom stereocenters. The summed E-state index contributed by atoms with van der Waals surface area (Å²) in [4.78, 5) is 13.9. The first-order valence-corrected chi connectivity index (χ1v) is 6.96. The summed E-state index contributed by atoms with van der Waals surface area (Å²) < 4.78 is 12.9. The summed E-state index contributed by atoms with van der Waals surface area (Å²) in [5.74, 6) is -0.218. The second-order valence-corrected chi connectivity index (χ2v) is 6.75. The number of hydrogen-bond donors (Lipinski definition) is 1. The molecule has 1 unspecified atom stereocenters. The van der Waals surface area contributed by atoms with Gasteiger partial charge in [-0.15, -0.1) is 0 Å². The fraction of sp³-hybridized carbons (Fsp3) is 0.562. The van der Waals surface area contributed by atoms with Gasteiger partial charge in [-0.25, -0.2) is 4.39 Å². The zero-order valence-corrected chi connectivity index (χ0v) is 12.3. The molecule has 0 aromatic heterocycles. The van der Waals surface area contributed by atoms with E-state index in [4.69, 9.17) is 0 Å². The molecule has 1 fully saturated rings. The Morgan fingerprint density at radius 3 is 2.50 bits per heavy atom. The molecule has 1 amide bonds. The van der Waals surface area contributed by atoms with Gasteiger partial charge in [0.15, 0.2) is 0 Å². The number of benzene rings is 1. The molecule has 0 bridgehead atoms. The van der Waals surface area contributed by atoms with Crippen molar-refractivity contribution in [3.05, 3.63) is 35.6 Å². The summed E-state index contributed by atoms with van der Waals surface area (Å²) in [6.07, 6.45) is 1.01. The lowest BCUT2D eigenvalue weighted by molar-refractivity contribution is -0.139. The van der Waals surface area contributed by atoms with Crippen LogP contribution in [0.15, 0.2) is 24.3 Å². The predicted molar refractivity (Wildman–Crippen MR) is 75.7 cm³/mol. The lowest BCUT2D eigenvalue weighted by atomic mass is 9.93. The quantitative estimate of drug-likeness (QED) is 0.903. The lowest BCUT2D eigenvalue weighted by Gasteiger charge is -2.28. The highest BCUT2D eigenvalue weighted by Gasteiger charge is 2.40. The van der Waals surface area contributed by atoms with Gasteiger partial charge in [-0.1, -0.05) is 32.9 Å². The fourth-order valence-corrected chi connectivity index (χ4v) is 2.63. The number of carbonyl (C=O) groups is 1. The maximum absolute atomic E-state index is 12.9. The summed E-state index contributed by atoms with van der Waals surface area (Å²) in [5, 5.41) is 10.6. The Kier molecular flexibility index (Phi) is 3.87. The van der Waals surface area contributed by atoms with Crippen molar-refractivity contribution in [2.45, 2.75) is 39.2 Å². The molecule has 2 rings (SSSR count). The number of aliphatic hydroxyl groups is 1. The van der Waals surface area contributed by atoms with Gasteiger partial charge >= 0.3 is 0 Å². The Labute approximate surface area is 119 Å². The maximum Gasteiger partial charge on any atom is 0.228 e. The van der Waals surface area contributed by atoms with Crippen LogP contribution in [0.4, 0.5) is 4.39 Å². The molecular formula is C16H22FNO2. The molecule has 20 heavy (non-hydrogen) atoms. The van der Waals surface area contributed by atoms with Crippen molar-refractivity contribution in [3.8, 4) is 0 Å². The van der Waals surface area contributed by atoms with Crippen LogP contribution in [0.5, 0.6) is 0 Å². The SMILES string of the molecule is CC(C)(C)C(=O)N1CCC(O)(Cc2ccc(F)cc2)C1. The summed E-state index contributed by atoms with van der Waals surface area (Å²) in [6, 6.07) is 6.15. The molecule has 4 heteroatoms. The smallest absolute Gasteiger partial charge is 0.228 e. The minimum Gasteiger partial charge on any atom is -0.388 e. The van der Waals surface area contributed by atoms with Crippen LogP contribution in [0.3, 0.4) is 0 Å². The molecule has 1 aliphatic rings. The molecule has 0 spiro atoms. The van der Waals surface area contributed by atoms with E-state index in [2.05, 4.69) is 0 Å². The average Bonchev–Trinajstić information content (AvgIpc) is 2.72. The van der Waals surface area contributed by atoms with E-state index in [1.54, 1.807) is 17.0 Å². The van der Waals surface area contributed by atoms with Crippen LogP contribution in [0.25, 0.3) is 0 Å². The van der Waals surface area contributed by atoms with Crippen molar-refractivity contribution in [3.63, 3.8) is 0 Å². The average molecular weight is 279 g/mol. The van der Waals surface area contributed by atoms with Crippen molar-refractivity contribution in [2.75, 3.05) is 13.1 Å². The molecular weight excluding hydrogens is 257 g/mol. The highest BCUT2D eigenvalue weighted by Crippen LogP contribution is 2.29. The summed E-state index contributed by atoms with van der Waals surface area (Å²) in [6.45, 7) is 6.57. The minimum absolute atomic E-state index is 0.0625. The van der Waals surface area contributed by atoms with Crippen LogP contribution in [0.1, 0.15) is 32.8 Å². The highest BCUT2D eigenvalue weighted by molar-refractivity contribution is 5.81. The normalized spacial score (nSPS) is 23.1. The van der Waals surface area contributed by atoms with E-state index in [1.165, 1.54) is 12.1 Å². The Morgan fingerprint density at radius 2 is 1.95 bits per heavy atom. The minimum atomic E-state index is -0.904. The van der Waals surface area contributed by atoms with E-state index in [9.17, 15) is 14.3 Å². The van der Waals surface area contributed by atoms with Crippen LogP contribution in [-0.4, -0.2) is 34.6 Å². The Hall–Kier alpha value is -1.42. The lowest BCUT2D eigenvalue weighted by Crippen LogP contribution is -2.42. The molecule has 1 saturated heterocycles. The van der Waals surface area contributed by atoms with E-state index in [0.29, 0.717) is 25.9 Å². The first-order chi connectivity index (χ1) is 9.20. The second kappa shape index (κ2) is 5.17. The summed E-state index contributed by atoms with van der Waals surface area (Å²) >= 11 is 0. The third-order valence-corrected chi connectivity index (χ3v) is 3.71. The number of rotatable bonds is 2. The van der Waals surface area contributed by atoms with Gasteiger partial charge in [0.2, 0.25) is 5.91 Å². The second-order valence-electron chi connectivity index (χ2n) is 6.75. The van der Waals surface area contributed by atoms with E-state index in [-0.39, 0.29) is 11.7 Å². The number of nitrogens with zero attached hydrogens (tertiary/aromatic N) is 1. The van der Waals surface area contributed by atoms with Gasteiger partial charge in [-0.3, -0.25) is 4.79 Å². The number of likely N-dealkylation sites (tertiary alicyclic amines) is 1. The first-order valence-electron chi connectivity index (χ1n) is 6.96. The van der Waals surface area contributed by atoms with Crippen LogP contribution < -0.4 is 0 Å². The van der Waals surface area contributed by atoms with Gasteiger partial charge in [0.05, 0.1) is 5.60 Å². The predicted octanol–water partition coefficient (Wildman–Crippen LogP) is 2.38. The maximum atomic E-state index is 12.9. The first kappa shape index (κ1) is 15.0. The largest absolute Gasteiger partial charge is 0.388 e. The zero-order chi connectivity index (χ0) is 15.0. The summed E-state index contributed by atoms with van der Waals surface area (Å²) in [7, 11) is 0. The van der Waals surface area contributed by atoms with Crippen LogP contribution in [0.2, 0.25) is 0 Å². The highest BCUT2D eigenvalue weighted by atomic mass is 19.1. The standard InChI is InChI=1S/C16H22FNO2/c1-15(2,3)14(19)18-9-8-16(20,11-18)10-12-4-6-13(17)7-5-12/h4-7,20H,8-11H2,1-3H3. The van der Waals surface area contributed by atoms with Crippen molar-refractivity contribution < 1.29 is 14.3 Å². The molecule has 110 valence electrons. The molecule has 0 aliphatic carbocycles. The zero-order valence-electron chi connectivity index (χ0n) is 12.3. The molecule has 0 radical (unpaired) electrons. The van der Waals surface area contributed by atoms with Gasteiger partial charge < -0.3 is 10.0 Å². The molecule has 0 saturated carbocycles. The van der Waals surface area contributed by atoms with Gasteiger partial charge in [0.25, 0.3) is 0 Å². The van der Waals surface area contributed by atoms with Gasteiger partial charge in [-0.2, -0.15) is 0 Å². The van der Waals surface area contributed by atoms with E-state index >= 15 is 0 Å². The van der Waals surface area contributed by atoms with Crippen LogP contribution in [0, 0.1) is 11.2 Å². The number of amides is 1. The van der Waals surface area contributed by atoms with Crippen molar-refractivity contribution in [2.24, 2.45) is 5.41 Å². The van der Waals surface area contributed by atoms with Gasteiger partial charge in [0, 0.05) is 24.9 Å². The molecule has 1 heterocycles. The fourth-order valence-electron chi connectivity index (χ4n) is 2.63. The monoisotopic (exact) mass is 279 g/mol. The van der Waals surface area contributed by atoms with E-state index in [0.717, 1.165) is 5.56 Å². The van der Waals surface area contributed by atoms with Crippen LogP contribution >= 0.6 is 0 Å². The molecule has 3 nitrogen and oxygen atoms in total. The van der Waals surface area contributed by atoms with E-state index in [1.807, 2.05) is 20.8 Å². The molecule has 1 aromatic rings. The van der Waals surface area contributed by atoms with Gasteiger partial charge in [-0.05, 0) is 24.1 Å². The third kappa shape index (κ3) is 3.37. The number of hydrogen-bond acceptors (Lipinski definition) is 2. The van der Waals surface area contributed by atoms with Crippen molar-refractivity contribution in [1.29, 1.82) is 0 Å². The number of halogens is 1. The topological polar surface area (TPSA) is 40.5 Å². The number of β-amino-alcohol motifs (C(OH)–C–C–N with tert-alkyl or cyclic N) is 1. The molecule has 1 aliphatic heterocycles. The Balaban J connectivity index is 2.03. The van der Waals surface area contributed by atoms with E-state index < -0.39 is 11.0 Å². The summed E-state index contributed by atoms with van der Waals surface area (Å²) in [5.41, 5.74) is -0.446. The van der Waals surface area contributed by atoms with Gasteiger partial charge in [0.1, 0.15) is 5.82 Å². The Bertz CT molecular complexity index is 492. The van der Waals surface area contributed by atoms with Crippen molar-refractivity contribution in [1.82, 2.24) is 4.90 Å². The number of carbonyl (C=O) groups excluding carboxylic acids is 1. The van der Waals surface area contributed by atoms with Crippen LogP contribution in [-0.2, 0) is 11.2 Å².